The third-order valence-electron chi connectivity index (χ3n) is 5.50. The lowest BCUT2D eigenvalue weighted by Crippen LogP contribution is -2.36. The van der Waals surface area contributed by atoms with Crippen molar-refractivity contribution >= 4 is 52.2 Å². The van der Waals surface area contributed by atoms with Crippen LogP contribution in [0.2, 0.25) is 0 Å². The van der Waals surface area contributed by atoms with E-state index < -0.39 is 23.6 Å². The van der Waals surface area contributed by atoms with Gasteiger partial charge in [0.15, 0.2) is 18.1 Å². The van der Waals surface area contributed by atoms with Crippen molar-refractivity contribution in [3.8, 4) is 11.5 Å². The molecule has 3 aromatic carbocycles. The third-order valence-corrected chi connectivity index (χ3v) is 6.40. The zero-order valence-corrected chi connectivity index (χ0v) is 21.5. The summed E-state index contributed by atoms with van der Waals surface area (Å²) in [5.74, 6) is -0.668. The molecule has 0 bridgehead atoms. The smallest absolute Gasteiger partial charge is 0.294 e. The molecule has 194 valence electrons. The van der Waals surface area contributed by atoms with E-state index in [9.17, 15) is 19.2 Å². The van der Waals surface area contributed by atoms with Crippen LogP contribution in [0.15, 0.2) is 77.7 Å². The largest absolute Gasteiger partial charge is 0.493 e. The highest BCUT2D eigenvalue weighted by atomic mass is 32.2. The predicted molar refractivity (Wildman–Crippen MR) is 146 cm³/mol. The molecule has 0 aliphatic carbocycles. The molecule has 1 fully saturated rings. The summed E-state index contributed by atoms with van der Waals surface area (Å²) in [4.78, 5) is 51.1. The van der Waals surface area contributed by atoms with E-state index in [-0.39, 0.29) is 17.4 Å². The van der Waals surface area contributed by atoms with Crippen LogP contribution >= 0.6 is 11.8 Å². The molecule has 4 amide bonds. The van der Waals surface area contributed by atoms with Gasteiger partial charge in [0.2, 0.25) is 5.91 Å². The van der Waals surface area contributed by atoms with Gasteiger partial charge in [-0.2, -0.15) is 0 Å². The van der Waals surface area contributed by atoms with Crippen molar-refractivity contribution in [3.63, 3.8) is 0 Å². The summed E-state index contributed by atoms with van der Waals surface area (Å²) in [6.45, 7) is 1.23. The van der Waals surface area contributed by atoms with Crippen LogP contribution in [-0.4, -0.2) is 48.1 Å². The molecular weight excluding hydrogens is 506 g/mol. The van der Waals surface area contributed by atoms with E-state index in [1.807, 2.05) is 37.3 Å². The molecule has 0 aromatic heterocycles. The molecule has 3 aromatic rings. The van der Waals surface area contributed by atoms with Gasteiger partial charge in [0, 0.05) is 11.4 Å². The number of carbonyl (C=O) groups is 4. The first-order valence-electron chi connectivity index (χ1n) is 11.6. The van der Waals surface area contributed by atoms with E-state index in [0.29, 0.717) is 28.4 Å². The second kappa shape index (κ2) is 12.1. The Morgan fingerprint density at radius 2 is 1.66 bits per heavy atom. The number of methoxy groups -OCH3 is 1. The number of aryl methyl sites for hydroxylation is 1. The number of thioether (sulfide) groups is 1. The minimum absolute atomic E-state index is 0.177. The summed E-state index contributed by atoms with van der Waals surface area (Å²) in [6.07, 6.45) is 1.54. The Morgan fingerprint density at radius 3 is 2.39 bits per heavy atom. The SMILES string of the molecule is COc1cc(/C=C2\SC(=O)N(CC(=O)Nc3ccccc3C)C2=O)ccc1OCC(=O)Nc1ccccc1. The number of para-hydroxylation sites is 2. The van der Waals surface area contributed by atoms with E-state index in [0.717, 1.165) is 22.2 Å². The zero-order valence-electron chi connectivity index (χ0n) is 20.7. The van der Waals surface area contributed by atoms with Crippen LogP contribution in [0, 0.1) is 6.92 Å². The number of anilines is 2. The molecule has 1 aliphatic heterocycles. The van der Waals surface area contributed by atoms with Crippen LogP contribution in [0.1, 0.15) is 11.1 Å². The quantitative estimate of drug-likeness (QED) is 0.385. The molecule has 0 spiro atoms. The van der Waals surface area contributed by atoms with Crippen molar-refractivity contribution in [1.29, 1.82) is 0 Å². The molecule has 1 heterocycles. The van der Waals surface area contributed by atoms with Gasteiger partial charge in [-0.05, 0) is 66.2 Å². The van der Waals surface area contributed by atoms with E-state index in [1.165, 1.54) is 7.11 Å². The van der Waals surface area contributed by atoms with Gasteiger partial charge >= 0.3 is 0 Å². The average Bonchev–Trinajstić information content (AvgIpc) is 3.16. The number of carbonyl (C=O) groups excluding carboxylic acids is 4. The number of rotatable bonds is 9. The summed E-state index contributed by atoms with van der Waals surface area (Å²) in [7, 11) is 1.46. The maximum absolute atomic E-state index is 12.9. The summed E-state index contributed by atoms with van der Waals surface area (Å²) in [6, 6.07) is 21.2. The summed E-state index contributed by atoms with van der Waals surface area (Å²) in [5, 5.41) is 4.93. The number of imide groups is 1. The lowest BCUT2D eigenvalue weighted by molar-refractivity contribution is -0.127. The van der Waals surface area contributed by atoms with Crippen LogP contribution < -0.4 is 20.1 Å². The fraction of sp³-hybridized carbons (Fsp3) is 0.143. The molecule has 2 N–H and O–H groups in total. The highest BCUT2D eigenvalue weighted by Crippen LogP contribution is 2.34. The number of hydrogen-bond donors (Lipinski definition) is 2. The van der Waals surface area contributed by atoms with Gasteiger partial charge in [0.25, 0.3) is 17.1 Å². The van der Waals surface area contributed by atoms with Crippen LogP contribution in [0.25, 0.3) is 6.08 Å². The lowest BCUT2D eigenvalue weighted by Gasteiger charge is -2.13. The standard InChI is InChI=1S/C28H25N3O6S/c1-18-8-6-7-11-21(18)30-25(32)16-31-27(34)24(38-28(31)35)15-19-12-13-22(23(14-19)36-2)37-17-26(33)29-20-9-4-3-5-10-20/h3-15H,16-17H2,1-2H3,(H,29,33)(H,30,32)/b24-15-. The van der Waals surface area contributed by atoms with Crippen LogP contribution in [0.5, 0.6) is 11.5 Å². The predicted octanol–water partition coefficient (Wildman–Crippen LogP) is 4.70. The van der Waals surface area contributed by atoms with Crippen LogP contribution in [0.4, 0.5) is 16.2 Å². The maximum Gasteiger partial charge on any atom is 0.294 e. The Balaban J connectivity index is 1.39. The minimum Gasteiger partial charge on any atom is -0.493 e. The molecule has 1 saturated heterocycles. The van der Waals surface area contributed by atoms with Gasteiger partial charge in [-0.25, -0.2) is 0 Å². The molecular formula is C28H25N3O6S. The minimum atomic E-state index is -0.559. The first-order chi connectivity index (χ1) is 18.3. The third kappa shape index (κ3) is 6.60. The van der Waals surface area contributed by atoms with Gasteiger partial charge < -0.3 is 20.1 Å². The first kappa shape index (κ1) is 26.5. The van der Waals surface area contributed by atoms with E-state index in [1.54, 1.807) is 48.5 Å². The van der Waals surface area contributed by atoms with E-state index in [4.69, 9.17) is 9.47 Å². The highest BCUT2D eigenvalue weighted by molar-refractivity contribution is 8.18. The van der Waals surface area contributed by atoms with Gasteiger partial charge in [-0.15, -0.1) is 0 Å². The molecule has 4 rings (SSSR count). The summed E-state index contributed by atoms with van der Waals surface area (Å²) < 4.78 is 11.0. The number of amides is 4. The Morgan fingerprint density at radius 1 is 0.921 bits per heavy atom. The van der Waals surface area contributed by atoms with Gasteiger partial charge in [0.1, 0.15) is 6.54 Å². The van der Waals surface area contributed by atoms with E-state index >= 15 is 0 Å². The van der Waals surface area contributed by atoms with Crippen molar-refractivity contribution in [3.05, 3.63) is 88.8 Å². The average molecular weight is 532 g/mol. The van der Waals surface area contributed by atoms with Crippen molar-refractivity contribution in [1.82, 2.24) is 4.90 Å². The van der Waals surface area contributed by atoms with E-state index in [2.05, 4.69) is 10.6 Å². The molecule has 10 heteroatoms. The molecule has 38 heavy (non-hydrogen) atoms. The van der Waals surface area contributed by atoms with Crippen LogP contribution in [-0.2, 0) is 14.4 Å². The number of nitrogens with zero attached hydrogens (tertiary/aromatic N) is 1. The number of ether oxygens (including phenoxy) is 2. The Labute approximate surface area is 223 Å². The Hall–Kier alpha value is -4.57. The number of hydrogen-bond acceptors (Lipinski definition) is 7. The number of benzene rings is 3. The highest BCUT2D eigenvalue weighted by Gasteiger charge is 2.36. The monoisotopic (exact) mass is 531 g/mol. The van der Waals surface area contributed by atoms with Crippen molar-refractivity contribution < 1.29 is 28.7 Å². The summed E-state index contributed by atoms with van der Waals surface area (Å²) in [5.41, 5.74) is 2.72. The van der Waals surface area contributed by atoms with Gasteiger partial charge in [-0.3, -0.25) is 24.1 Å². The molecule has 0 saturated carbocycles. The maximum atomic E-state index is 12.9. The molecule has 0 atom stereocenters. The number of nitrogens with one attached hydrogen (secondary N) is 2. The van der Waals surface area contributed by atoms with Gasteiger partial charge in [0.05, 0.1) is 12.0 Å². The fourth-order valence-electron chi connectivity index (χ4n) is 3.59. The van der Waals surface area contributed by atoms with Crippen molar-refractivity contribution in [2.24, 2.45) is 0 Å². The normalized spacial score (nSPS) is 13.9. The Kier molecular flexibility index (Phi) is 8.44. The Bertz CT molecular complexity index is 1410. The molecule has 1 aliphatic rings. The molecule has 0 unspecified atom stereocenters. The fourth-order valence-corrected chi connectivity index (χ4v) is 4.43. The van der Waals surface area contributed by atoms with Gasteiger partial charge in [-0.1, -0.05) is 42.5 Å². The van der Waals surface area contributed by atoms with Crippen molar-refractivity contribution in [2.75, 3.05) is 30.9 Å². The molecule has 0 radical (unpaired) electrons. The lowest BCUT2D eigenvalue weighted by atomic mass is 10.2. The first-order valence-corrected chi connectivity index (χ1v) is 12.4. The topological polar surface area (TPSA) is 114 Å². The van der Waals surface area contributed by atoms with Crippen molar-refractivity contribution in [2.45, 2.75) is 6.92 Å². The second-order valence-electron chi connectivity index (χ2n) is 8.24. The molecule has 9 nitrogen and oxygen atoms in total. The van der Waals surface area contributed by atoms with Crippen LogP contribution in [0.3, 0.4) is 0 Å². The second-order valence-corrected chi connectivity index (χ2v) is 9.24. The zero-order chi connectivity index (χ0) is 27.1. The summed E-state index contributed by atoms with van der Waals surface area (Å²) >= 11 is 0.754.